The van der Waals surface area contributed by atoms with Crippen LogP contribution in [0, 0.1) is 0 Å². The van der Waals surface area contributed by atoms with E-state index in [0.717, 1.165) is 85.4 Å². The summed E-state index contributed by atoms with van der Waals surface area (Å²) in [4.78, 5) is 18.4. The van der Waals surface area contributed by atoms with Gasteiger partial charge in [0.1, 0.15) is 0 Å². The average Bonchev–Trinajstić information content (AvgIpc) is 3.83. The smallest absolute Gasteiger partial charge is 0.185 e. The minimum atomic E-state index is 0.0968. The molecule has 0 radical (unpaired) electrons. The molecule has 0 bridgehead atoms. The van der Waals surface area contributed by atoms with Gasteiger partial charge < -0.3 is 28.7 Å². The molecule has 1 aliphatic carbocycles. The third-order valence-electron chi connectivity index (χ3n) is 8.95. The third kappa shape index (κ3) is 9.12. The molecular formula is C37H50N2O5. The van der Waals surface area contributed by atoms with Crippen molar-refractivity contribution in [1.29, 1.82) is 0 Å². The Morgan fingerprint density at radius 1 is 0.614 bits per heavy atom. The molecule has 0 unspecified atom stereocenters. The molecule has 238 valence electrons. The summed E-state index contributed by atoms with van der Waals surface area (Å²) in [6.45, 7) is 8.61. The predicted molar refractivity (Wildman–Crippen MR) is 177 cm³/mol. The van der Waals surface area contributed by atoms with E-state index in [0.29, 0.717) is 24.7 Å². The normalized spacial score (nSPS) is 19.4. The number of allylic oxidation sites excluding steroid dienone is 2. The van der Waals surface area contributed by atoms with Crippen LogP contribution in [0.4, 0.5) is 0 Å². The van der Waals surface area contributed by atoms with E-state index in [2.05, 4.69) is 9.80 Å². The summed E-state index contributed by atoms with van der Waals surface area (Å²) in [7, 11) is 3.32. The molecule has 2 aromatic rings. The first-order valence-corrected chi connectivity index (χ1v) is 16.6. The minimum Gasteiger partial charge on any atom is -0.493 e. The zero-order valence-corrected chi connectivity index (χ0v) is 26.8. The molecule has 0 N–H and O–H groups in total. The topological polar surface area (TPSA) is 60.5 Å². The number of ether oxygens (including phenoxy) is 4. The molecule has 0 atom stereocenters. The van der Waals surface area contributed by atoms with Crippen LogP contribution in [0.2, 0.25) is 0 Å². The first-order chi connectivity index (χ1) is 21.6. The highest BCUT2D eigenvalue weighted by Crippen LogP contribution is 2.34. The number of methoxy groups -OCH3 is 2. The third-order valence-corrected chi connectivity index (χ3v) is 8.95. The Kier molecular flexibility index (Phi) is 12.2. The van der Waals surface area contributed by atoms with Gasteiger partial charge in [0, 0.05) is 11.1 Å². The van der Waals surface area contributed by atoms with Crippen molar-refractivity contribution in [2.45, 2.75) is 64.2 Å². The predicted octanol–water partition coefficient (Wildman–Crippen LogP) is 7.04. The van der Waals surface area contributed by atoms with Crippen molar-refractivity contribution in [3.05, 3.63) is 58.7 Å². The average molecular weight is 603 g/mol. The molecule has 2 aliphatic heterocycles. The second kappa shape index (κ2) is 16.7. The van der Waals surface area contributed by atoms with Crippen LogP contribution >= 0.6 is 0 Å². The molecule has 1 saturated carbocycles. The van der Waals surface area contributed by atoms with Crippen LogP contribution < -0.4 is 18.9 Å². The second-order valence-electron chi connectivity index (χ2n) is 12.2. The van der Waals surface area contributed by atoms with Crippen LogP contribution in [0.3, 0.4) is 0 Å². The Hall–Kier alpha value is -3.29. The summed E-state index contributed by atoms with van der Waals surface area (Å²) < 4.78 is 23.3. The second-order valence-corrected chi connectivity index (χ2v) is 12.2. The van der Waals surface area contributed by atoms with E-state index in [4.69, 9.17) is 18.9 Å². The lowest BCUT2D eigenvalue weighted by atomic mass is 10.1. The molecule has 0 amide bonds. The molecule has 3 aliphatic rings. The SMILES string of the molecule is COc1cc(/C=C2\CC/C(=C\c3ccc(OCCCCN4CCCC4)c(OC)c3)C2=O)ccc1OCCCCN1CCCC1. The number of carbonyl (C=O) groups is 1. The van der Waals surface area contributed by atoms with Gasteiger partial charge in [-0.1, -0.05) is 12.1 Å². The van der Waals surface area contributed by atoms with E-state index in [1.54, 1.807) is 14.2 Å². The molecule has 2 saturated heterocycles. The maximum absolute atomic E-state index is 13.3. The van der Waals surface area contributed by atoms with E-state index in [1.165, 1.54) is 51.9 Å². The number of rotatable bonds is 16. The van der Waals surface area contributed by atoms with Gasteiger partial charge in [-0.05, 0) is 151 Å². The highest BCUT2D eigenvalue weighted by atomic mass is 16.5. The molecule has 3 fully saturated rings. The van der Waals surface area contributed by atoms with Crippen molar-refractivity contribution < 1.29 is 23.7 Å². The number of hydrogen-bond donors (Lipinski definition) is 0. The van der Waals surface area contributed by atoms with Crippen LogP contribution in [0.15, 0.2) is 47.5 Å². The lowest BCUT2D eigenvalue weighted by Gasteiger charge is -2.15. The Bertz CT molecular complexity index is 1190. The highest BCUT2D eigenvalue weighted by Gasteiger charge is 2.23. The van der Waals surface area contributed by atoms with Crippen LogP contribution in [-0.4, -0.2) is 82.3 Å². The van der Waals surface area contributed by atoms with Gasteiger partial charge >= 0.3 is 0 Å². The maximum atomic E-state index is 13.3. The summed E-state index contributed by atoms with van der Waals surface area (Å²) >= 11 is 0. The van der Waals surface area contributed by atoms with Gasteiger partial charge in [0.05, 0.1) is 27.4 Å². The minimum absolute atomic E-state index is 0.0968. The van der Waals surface area contributed by atoms with Crippen LogP contribution in [-0.2, 0) is 4.79 Å². The number of unbranched alkanes of at least 4 members (excludes halogenated alkanes) is 2. The van der Waals surface area contributed by atoms with Crippen LogP contribution in [0.25, 0.3) is 12.2 Å². The lowest BCUT2D eigenvalue weighted by molar-refractivity contribution is -0.111. The molecule has 7 nitrogen and oxygen atoms in total. The first-order valence-electron chi connectivity index (χ1n) is 16.6. The molecule has 0 aromatic heterocycles. The fourth-order valence-electron chi connectivity index (χ4n) is 6.42. The van der Waals surface area contributed by atoms with Gasteiger partial charge in [0.15, 0.2) is 28.8 Å². The Morgan fingerprint density at radius 3 is 1.45 bits per heavy atom. The van der Waals surface area contributed by atoms with Crippen molar-refractivity contribution in [1.82, 2.24) is 9.80 Å². The number of benzene rings is 2. The number of nitrogens with zero attached hydrogens (tertiary/aromatic N) is 2. The standard InChI is InChI=1S/C37H50N2O5/c1-41-35-27-29(11-15-33(35)43-23-9-7-21-38-17-3-4-18-38)25-31-13-14-32(37(31)40)26-30-12-16-34(36(28-30)42-2)44-24-10-8-22-39-19-5-6-20-39/h11-12,15-16,25-28H,3-10,13-14,17-24H2,1-2H3/b31-25+,32-26+. The van der Waals surface area contributed by atoms with Crippen molar-refractivity contribution in [2.75, 3.05) is 66.7 Å². The number of Topliss-reactive ketones (excluding diaryl/α,β-unsaturated/α-hetero) is 1. The van der Waals surface area contributed by atoms with E-state index in [1.807, 2.05) is 48.6 Å². The van der Waals surface area contributed by atoms with E-state index >= 15 is 0 Å². The monoisotopic (exact) mass is 602 g/mol. The Labute approximate surface area is 263 Å². The van der Waals surface area contributed by atoms with E-state index in [9.17, 15) is 4.79 Å². The molecular weight excluding hydrogens is 552 g/mol. The van der Waals surface area contributed by atoms with Gasteiger partial charge in [0.25, 0.3) is 0 Å². The number of likely N-dealkylation sites (tertiary alicyclic amines) is 2. The van der Waals surface area contributed by atoms with Gasteiger partial charge in [-0.25, -0.2) is 0 Å². The molecule has 5 rings (SSSR count). The molecule has 2 aromatic carbocycles. The van der Waals surface area contributed by atoms with Gasteiger partial charge in [0.2, 0.25) is 0 Å². The van der Waals surface area contributed by atoms with E-state index in [-0.39, 0.29) is 5.78 Å². The van der Waals surface area contributed by atoms with Gasteiger partial charge in [-0.2, -0.15) is 0 Å². The lowest BCUT2D eigenvalue weighted by Crippen LogP contribution is -2.20. The summed E-state index contributed by atoms with van der Waals surface area (Å²) in [6.07, 6.45) is 15.1. The maximum Gasteiger partial charge on any atom is 0.185 e. The first kappa shape index (κ1) is 32.1. The quantitative estimate of drug-likeness (QED) is 0.151. The number of hydrogen-bond acceptors (Lipinski definition) is 7. The van der Waals surface area contributed by atoms with Crippen LogP contribution in [0.5, 0.6) is 23.0 Å². The fraction of sp³-hybridized carbons (Fsp3) is 0.541. The summed E-state index contributed by atoms with van der Waals surface area (Å²) in [6, 6.07) is 11.8. The molecule has 0 spiro atoms. The van der Waals surface area contributed by atoms with Crippen molar-refractivity contribution >= 4 is 17.9 Å². The Balaban J connectivity index is 1.12. The molecule has 44 heavy (non-hydrogen) atoms. The zero-order chi connectivity index (χ0) is 30.6. The zero-order valence-electron chi connectivity index (χ0n) is 26.8. The highest BCUT2D eigenvalue weighted by molar-refractivity contribution is 6.15. The molecule has 7 heteroatoms. The number of ketones is 1. The van der Waals surface area contributed by atoms with Crippen molar-refractivity contribution in [2.24, 2.45) is 0 Å². The number of carbonyl (C=O) groups excluding carboxylic acids is 1. The largest absolute Gasteiger partial charge is 0.493 e. The van der Waals surface area contributed by atoms with Gasteiger partial charge in [-0.15, -0.1) is 0 Å². The Morgan fingerprint density at radius 2 is 1.05 bits per heavy atom. The van der Waals surface area contributed by atoms with Gasteiger partial charge in [-0.3, -0.25) is 4.79 Å². The van der Waals surface area contributed by atoms with Crippen molar-refractivity contribution in [3.8, 4) is 23.0 Å². The van der Waals surface area contributed by atoms with Crippen LogP contribution in [0.1, 0.15) is 75.3 Å². The van der Waals surface area contributed by atoms with E-state index < -0.39 is 0 Å². The van der Waals surface area contributed by atoms with Crippen molar-refractivity contribution in [3.63, 3.8) is 0 Å². The fourth-order valence-corrected chi connectivity index (χ4v) is 6.42. The molecule has 2 heterocycles. The summed E-state index contributed by atoms with van der Waals surface area (Å²) in [5.41, 5.74) is 3.51. The summed E-state index contributed by atoms with van der Waals surface area (Å²) in [5.74, 6) is 2.98. The summed E-state index contributed by atoms with van der Waals surface area (Å²) in [5, 5.41) is 0.